The van der Waals surface area contributed by atoms with Crippen LogP contribution in [0.1, 0.15) is 6.42 Å². The minimum atomic E-state index is -2.23. The molecule has 0 radical (unpaired) electrons. The highest BCUT2D eigenvalue weighted by Crippen LogP contribution is 2.02. The van der Waals surface area contributed by atoms with Crippen LogP contribution in [0.25, 0.3) is 0 Å². The molecule has 0 aliphatic carbocycles. The largest absolute Gasteiger partial charge is 0.480 e. The molecule has 0 saturated carbocycles. The summed E-state index contributed by atoms with van der Waals surface area (Å²) in [5.74, 6) is -1.25. The van der Waals surface area contributed by atoms with E-state index in [4.69, 9.17) is 20.5 Å². The summed E-state index contributed by atoms with van der Waals surface area (Å²) < 4.78 is 18.9. The average molecular weight is 197 g/mol. The summed E-state index contributed by atoms with van der Waals surface area (Å²) in [5.41, 5.74) is 5.07. The molecule has 12 heavy (non-hydrogen) atoms. The van der Waals surface area contributed by atoms with Gasteiger partial charge in [-0.25, -0.2) is 4.21 Å². The molecule has 0 aliphatic heterocycles. The minimum absolute atomic E-state index is 0.213. The van der Waals surface area contributed by atoms with Crippen molar-refractivity contribution in [1.29, 1.82) is 0 Å². The maximum absolute atomic E-state index is 10.4. The number of carboxylic acid groups (broad SMARTS) is 1. The summed E-state index contributed by atoms with van der Waals surface area (Å²) in [6.45, 7) is -0.551. The van der Waals surface area contributed by atoms with Crippen molar-refractivity contribution in [1.82, 2.24) is 0 Å². The van der Waals surface area contributed by atoms with E-state index in [0.717, 1.165) is 0 Å². The van der Waals surface area contributed by atoms with Crippen LogP contribution >= 0.6 is 0 Å². The fourth-order valence-corrected chi connectivity index (χ4v) is 1.10. The molecule has 0 saturated heterocycles. The molecule has 2 unspecified atom stereocenters. The van der Waals surface area contributed by atoms with E-state index in [2.05, 4.69) is 0 Å². The van der Waals surface area contributed by atoms with Gasteiger partial charge in [0.1, 0.15) is 6.04 Å². The first-order chi connectivity index (χ1) is 5.49. The Labute approximate surface area is 71.7 Å². The third kappa shape index (κ3) is 3.77. The number of carboxylic acids is 1. The maximum atomic E-state index is 10.4. The topological polar surface area (TPSA) is 121 Å². The Morgan fingerprint density at radius 2 is 2.08 bits per heavy atom. The predicted molar refractivity (Wildman–Crippen MR) is 41.9 cm³/mol. The molecular formula is C5H11NO5S. The molecule has 0 aliphatic rings. The standard InChI is InChI=1S/C5H11NO5S/c6-4(5(8)9)1-3(2-7)12(10)11/h3-4,7H,1-2,6H2,(H,8,9)(H,10,11)/t3?,4-/m1/s1. The van der Waals surface area contributed by atoms with Crippen LogP contribution < -0.4 is 5.73 Å². The number of aliphatic hydroxyl groups is 1. The fourth-order valence-electron chi connectivity index (χ4n) is 0.605. The highest BCUT2D eigenvalue weighted by atomic mass is 32.2. The van der Waals surface area contributed by atoms with Crippen molar-refractivity contribution < 1.29 is 23.8 Å². The second kappa shape index (κ2) is 5.20. The Kier molecular flexibility index (Phi) is 4.98. The molecule has 0 aromatic rings. The van der Waals surface area contributed by atoms with Gasteiger partial charge in [0.25, 0.3) is 0 Å². The van der Waals surface area contributed by atoms with Crippen molar-refractivity contribution in [2.24, 2.45) is 5.73 Å². The number of carbonyl (C=O) groups is 1. The zero-order valence-electron chi connectivity index (χ0n) is 6.21. The van der Waals surface area contributed by atoms with Crippen LogP contribution in [0.3, 0.4) is 0 Å². The lowest BCUT2D eigenvalue weighted by molar-refractivity contribution is -0.138. The molecule has 0 aromatic heterocycles. The van der Waals surface area contributed by atoms with Crippen LogP contribution in [0.15, 0.2) is 0 Å². The van der Waals surface area contributed by atoms with Gasteiger partial charge < -0.3 is 20.5 Å². The summed E-state index contributed by atoms with van der Waals surface area (Å²) in [7, 11) is 0. The molecule has 0 bridgehead atoms. The molecular weight excluding hydrogens is 186 g/mol. The Balaban J connectivity index is 4.02. The van der Waals surface area contributed by atoms with E-state index in [1.807, 2.05) is 0 Å². The number of aliphatic hydroxyl groups excluding tert-OH is 1. The van der Waals surface area contributed by atoms with Gasteiger partial charge in [-0.2, -0.15) is 0 Å². The van der Waals surface area contributed by atoms with Gasteiger partial charge in [0.2, 0.25) is 0 Å². The van der Waals surface area contributed by atoms with Crippen molar-refractivity contribution in [3.05, 3.63) is 0 Å². The van der Waals surface area contributed by atoms with Crippen LogP contribution in [0.5, 0.6) is 0 Å². The third-order valence-corrected chi connectivity index (χ3v) is 2.23. The lowest BCUT2D eigenvalue weighted by atomic mass is 10.2. The van der Waals surface area contributed by atoms with Gasteiger partial charge in [0.15, 0.2) is 11.1 Å². The molecule has 0 fully saturated rings. The number of hydrogen-bond donors (Lipinski definition) is 4. The Hall–Kier alpha value is -0.500. The van der Waals surface area contributed by atoms with Crippen LogP contribution in [0.2, 0.25) is 0 Å². The summed E-state index contributed by atoms with van der Waals surface area (Å²) >= 11 is -2.23. The zero-order chi connectivity index (χ0) is 9.72. The van der Waals surface area contributed by atoms with Gasteiger partial charge in [-0.1, -0.05) is 0 Å². The zero-order valence-corrected chi connectivity index (χ0v) is 7.03. The van der Waals surface area contributed by atoms with Crippen LogP contribution in [-0.4, -0.2) is 42.8 Å². The van der Waals surface area contributed by atoms with E-state index in [9.17, 15) is 9.00 Å². The highest BCUT2D eigenvalue weighted by molar-refractivity contribution is 7.79. The average Bonchev–Trinajstić information content (AvgIpc) is 1.98. The molecule has 7 heteroatoms. The smallest absolute Gasteiger partial charge is 0.320 e. The molecule has 0 heterocycles. The van der Waals surface area contributed by atoms with E-state index in [-0.39, 0.29) is 6.42 Å². The number of rotatable bonds is 5. The first-order valence-electron chi connectivity index (χ1n) is 3.18. The summed E-state index contributed by atoms with van der Waals surface area (Å²) in [6.07, 6.45) is -0.213. The summed E-state index contributed by atoms with van der Waals surface area (Å²) in [4.78, 5) is 10.2. The summed E-state index contributed by atoms with van der Waals surface area (Å²) in [6, 6.07) is -1.21. The van der Waals surface area contributed by atoms with Gasteiger partial charge >= 0.3 is 5.97 Å². The van der Waals surface area contributed by atoms with Gasteiger partial charge in [0.05, 0.1) is 11.9 Å². The van der Waals surface area contributed by atoms with Crippen LogP contribution in [-0.2, 0) is 15.9 Å². The molecule has 3 atom stereocenters. The second-order valence-electron chi connectivity index (χ2n) is 2.26. The first kappa shape index (κ1) is 11.5. The van der Waals surface area contributed by atoms with Crippen molar-refractivity contribution in [2.75, 3.05) is 6.61 Å². The summed E-state index contributed by atoms with van der Waals surface area (Å²) in [5, 5.41) is 15.9. The van der Waals surface area contributed by atoms with Crippen molar-refractivity contribution in [2.45, 2.75) is 17.7 Å². The lowest BCUT2D eigenvalue weighted by Crippen LogP contribution is -2.36. The normalized spacial score (nSPS) is 18.2. The van der Waals surface area contributed by atoms with Crippen molar-refractivity contribution in [3.8, 4) is 0 Å². The fraction of sp³-hybridized carbons (Fsp3) is 0.800. The predicted octanol–water partition coefficient (Wildman–Crippen LogP) is -1.63. The minimum Gasteiger partial charge on any atom is -0.480 e. The second-order valence-corrected chi connectivity index (χ2v) is 3.48. The van der Waals surface area contributed by atoms with Crippen LogP contribution in [0.4, 0.5) is 0 Å². The number of aliphatic carboxylic acids is 1. The molecule has 6 nitrogen and oxygen atoms in total. The molecule has 0 amide bonds. The monoisotopic (exact) mass is 197 g/mol. The van der Waals surface area contributed by atoms with Gasteiger partial charge in [-0.15, -0.1) is 0 Å². The first-order valence-corrected chi connectivity index (χ1v) is 4.35. The number of hydrogen-bond acceptors (Lipinski definition) is 4. The van der Waals surface area contributed by atoms with E-state index >= 15 is 0 Å². The molecule has 0 aromatic carbocycles. The van der Waals surface area contributed by atoms with E-state index in [1.165, 1.54) is 0 Å². The van der Waals surface area contributed by atoms with E-state index < -0.39 is 34.9 Å². The lowest BCUT2D eigenvalue weighted by Gasteiger charge is -2.11. The Morgan fingerprint density at radius 1 is 1.58 bits per heavy atom. The maximum Gasteiger partial charge on any atom is 0.320 e. The molecule has 0 spiro atoms. The van der Waals surface area contributed by atoms with Gasteiger partial charge in [-0.3, -0.25) is 4.79 Å². The van der Waals surface area contributed by atoms with Gasteiger partial charge in [-0.05, 0) is 6.42 Å². The van der Waals surface area contributed by atoms with Gasteiger partial charge in [0, 0.05) is 0 Å². The van der Waals surface area contributed by atoms with E-state index in [0.29, 0.717) is 0 Å². The van der Waals surface area contributed by atoms with Crippen molar-refractivity contribution in [3.63, 3.8) is 0 Å². The third-order valence-electron chi connectivity index (χ3n) is 1.32. The van der Waals surface area contributed by atoms with Crippen LogP contribution in [0, 0.1) is 0 Å². The Bertz CT molecular complexity index is 185. The molecule has 5 N–H and O–H groups in total. The molecule has 72 valence electrons. The SMILES string of the molecule is N[C@H](CC(CO)S(=O)O)C(=O)O. The number of nitrogens with two attached hydrogens (primary N) is 1. The Morgan fingerprint density at radius 3 is 2.33 bits per heavy atom. The quantitative estimate of drug-likeness (QED) is 0.393. The molecule has 0 rings (SSSR count). The van der Waals surface area contributed by atoms with Crippen molar-refractivity contribution >= 4 is 17.0 Å². The van der Waals surface area contributed by atoms with E-state index in [1.54, 1.807) is 0 Å². The highest BCUT2D eigenvalue weighted by Gasteiger charge is 2.21.